The molecule has 0 spiro atoms. The summed E-state index contributed by atoms with van der Waals surface area (Å²) in [4.78, 5) is 11.2. The predicted octanol–water partition coefficient (Wildman–Crippen LogP) is 1.90. The molecule has 0 amide bonds. The zero-order valence-electron chi connectivity index (χ0n) is 9.11. The minimum Gasteiger partial charge on any atom is -0.468 e. The Balaban J connectivity index is 0.00000196. The van der Waals surface area contributed by atoms with Crippen molar-refractivity contribution in [3.63, 3.8) is 0 Å². The second-order valence-corrected chi connectivity index (χ2v) is 3.29. The molecule has 4 heteroatoms. The molecule has 0 aliphatic heterocycles. The molecule has 0 aliphatic carbocycles. The molecule has 3 nitrogen and oxygen atoms in total. The first-order chi connectivity index (χ1) is 6.57. The van der Waals surface area contributed by atoms with E-state index in [0.717, 1.165) is 16.7 Å². The number of esters is 1. The molecule has 2 N–H and O–H groups in total. The smallest absolute Gasteiger partial charge is 0.327 e. The summed E-state index contributed by atoms with van der Waals surface area (Å²) < 4.78 is 4.60. The van der Waals surface area contributed by atoms with Crippen molar-refractivity contribution in [2.75, 3.05) is 7.11 Å². The van der Waals surface area contributed by atoms with E-state index in [1.807, 2.05) is 32.0 Å². The van der Waals surface area contributed by atoms with Crippen molar-refractivity contribution >= 4 is 18.4 Å². The van der Waals surface area contributed by atoms with Gasteiger partial charge in [-0.1, -0.05) is 18.2 Å². The predicted molar refractivity (Wildman–Crippen MR) is 62.1 cm³/mol. The Bertz CT molecular complexity index is 352. The molecular formula is C11H16ClNO2. The van der Waals surface area contributed by atoms with Crippen LogP contribution in [-0.4, -0.2) is 13.1 Å². The van der Waals surface area contributed by atoms with E-state index in [1.54, 1.807) is 0 Å². The Morgan fingerprint density at radius 3 is 2.53 bits per heavy atom. The fourth-order valence-electron chi connectivity index (χ4n) is 1.36. The van der Waals surface area contributed by atoms with Gasteiger partial charge < -0.3 is 10.5 Å². The van der Waals surface area contributed by atoms with Crippen LogP contribution in [-0.2, 0) is 9.53 Å². The number of halogens is 1. The zero-order valence-corrected chi connectivity index (χ0v) is 9.93. The number of hydrogen-bond donors (Lipinski definition) is 1. The Hall–Kier alpha value is -1.06. The minimum absolute atomic E-state index is 0. The van der Waals surface area contributed by atoms with Crippen molar-refractivity contribution < 1.29 is 9.53 Å². The van der Waals surface area contributed by atoms with Crippen molar-refractivity contribution in [3.05, 3.63) is 34.9 Å². The zero-order chi connectivity index (χ0) is 10.7. The van der Waals surface area contributed by atoms with Crippen molar-refractivity contribution in [2.24, 2.45) is 5.73 Å². The molecule has 15 heavy (non-hydrogen) atoms. The topological polar surface area (TPSA) is 52.3 Å². The second kappa shape index (κ2) is 5.73. The summed E-state index contributed by atoms with van der Waals surface area (Å²) in [6.07, 6.45) is 0. The first-order valence-electron chi connectivity index (χ1n) is 4.47. The number of carbonyl (C=O) groups is 1. The van der Waals surface area contributed by atoms with E-state index in [4.69, 9.17) is 5.73 Å². The van der Waals surface area contributed by atoms with Crippen LogP contribution in [0.2, 0.25) is 0 Å². The van der Waals surface area contributed by atoms with E-state index in [1.165, 1.54) is 7.11 Å². The molecule has 0 radical (unpaired) electrons. The maximum atomic E-state index is 11.2. The number of benzene rings is 1. The van der Waals surface area contributed by atoms with E-state index in [9.17, 15) is 4.79 Å². The van der Waals surface area contributed by atoms with Gasteiger partial charge in [-0.15, -0.1) is 12.4 Å². The highest BCUT2D eigenvalue weighted by Crippen LogP contribution is 2.19. The summed E-state index contributed by atoms with van der Waals surface area (Å²) in [5, 5.41) is 0. The fraction of sp³-hybridized carbons (Fsp3) is 0.364. The van der Waals surface area contributed by atoms with Gasteiger partial charge in [0.2, 0.25) is 0 Å². The van der Waals surface area contributed by atoms with Gasteiger partial charge in [-0.05, 0) is 30.5 Å². The molecule has 0 heterocycles. The second-order valence-electron chi connectivity index (χ2n) is 3.29. The first kappa shape index (κ1) is 13.9. The van der Waals surface area contributed by atoms with Crippen LogP contribution in [0, 0.1) is 13.8 Å². The summed E-state index contributed by atoms with van der Waals surface area (Å²) >= 11 is 0. The molecule has 0 aliphatic rings. The molecule has 0 fully saturated rings. The molecular weight excluding hydrogens is 214 g/mol. The lowest BCUT2D eigenvalue weighted by Crippen LogP contribution is -2.23. The molecule has 1 rings (SSSR count). The Kier molecular flexibility index (Phi) is 5.33. The van der Waals surface area contributed by atoms with Gasteiger partial charge in [-0.25, -0.2) is 0 Å². The number of methoxy groups -OCH3 is 1. The number of rotatable bonds is 2. The Morgan fingerprint density at radius 2 is 2.00 bits per heavy atom. The lowest BCUT2D eigenvalue weighted by molar-refractivity contribution is -0.142. The van der Waals surface area contributed by atoms with Gasteiger partial charge in [-0.2, -0.15) is 0 Å². The maximum Gasteiger partial charge on any atom is 0.327 e. The largest absolute Gasteiger partial charge is 0.468 e. The monoisotopic (exact) mass is 229 g/mol. The molecule has 0 unspecified atom stereocenters. The minimum atomic E-state index is -0.681. The van der Waals surface area contributed by atoms with Crippen LogP contribution in [0.25, 0.3) is 0 Å². The van der Waals surface area contributed by atoms with Crippen LogP contribution in [0.1, 0.15) is 22.7 Å². The number of carbonyl (C=O) groups excluding carboxylic acids is 1. The lowest BCUT2D eigenvalue weighted by atomic mass is 9.98. The SMILES string of the molecule is COC(=O)[C@H](N)c1cccc(C)c1C.Cl. The fourth-order valence-corrected chi connectivity index (χ4v) is 1.36. The van der Waals surface area contributed by atoms with Crippen molar-refractivity contribution in [2.45, 2.75) is 19.9 Å². The van der Waals surface area contributed by atoms with Crippen molar-refractivity contribution in [1.29, 1.82) is 0 Å². The van der Waals surface area contributed by atoms with Crippen LogP contribution in [0.4, 0.5) is 0 Å². The van der Waals surface area contributed by atoms with Gasteiger partial charge in [-0.3, -0.25) is 4.79 Å². The van der Waals surface area contributed by atoms with Gasteiger partial charge in [0.25, 0.3) is 0 Å². The van der Waals surface area contributed by atoms with Gasteiger partial charge in [0.1, 0.15) is 6.04 Å². The Labute approximate surface area is 96.0 Å². The molecule has 0 aromatic heterocycles. The van der Waals surface area contributed by atoms with E-state index in [2.05, 4.69) is 4.74 Å². The molecule has 1 aromatic rings. The third-order valence-corrected chi connectivity index (χ3v) is 2.44. The van der Waals surface area contributed by atoms with Gasteiger partial charge in [0.05, 0.1) is 7.11 Å². The van der Waals surface area contributed by atoms with Crippen molar-refractivity contribution in [1.82, 2.24) is 0 Å². The molecule has 1 atom stereocenters. The average molecular weight is 230 g/mol. The van der Waals surface area contributed by atoms with Gasteiger partial charge >= 0.3 is 5.97 Å². The van der Waals surface area contributed by atoms with Gasteiger partial charge in [0, 0.05) is 0 Å². The highest BCUT2D eigenvalue weighted by Gasteiger charge is 2.18. The van der Waals surface area contributed by atoms with Crippen LogP contribution in [0.3, 0.4) is 0 Å². The highest BCUT2D eigenvalue weighted by atomic mass is 35.5. The molecule has 0 saturated heterocycles. The van der Waals surface area contributed by atoms with E-state index in [0.29, 0.717) is 0 Å². The third kappa shape index (κ3) is 2.94. The summed E-state index contributed by atoms with van der Waals surface area (Å²) in [5.74, 6) is -0.404. The molecule has 0 saturated carbocycles. The summed E-state index contributed by atoms with van der Waals surface area (Å²) in [7, 11) is 1.34. The Morgan fingerprint density at radius 1 is 1.40 bits per heavy atom. The average Bonchev–Trinajstić information content (AvgIpc) is 2.20. The van der Waals surface area contributed by atoms with Crippen molar-refractivity contribution in [3.8, 4) is 0 Å². The third-order valence-electron chi connectivity index (χ3n) is 2.44. The quantitative estimate of drug-likeness (QED) is 0.789. The van der Waals surface area contributed by atoms with E-state index >= 15 is 0 Å². The normalized spacial score (nSPS) is 11.5. The number of aryl methyl sites for hydroxylation is 1. The van der Waals surface area contributed by atoms with Crippen LogP contribution < -0.4 is 5.73 Å². The van der Waals surface area contributed by atoms with Crippen LogP contribution in [0.15, 0.2) is 18.2 Å². The maximum absolute atomic E-state index is 11.2. The van der Waals surface area contributed by atoms with Crippen LogP contribution in [0.5, 0.6) is 0 Å². The number of hydrogen-bond acceptors (Lipinski definition) is 3. The summed E-state index contributed by atoms with van der Waals surface area (Å²) in [5.41, 5.74) is 8.75. The van der Waals surface area contributed by atoms with E-state index in [-0.39, 0.29) is 12.4 Å². The van der Waals surface area contributed by atoms with E-state index < -0.39 is 12.0 Å². The standard InChI is InChI=1S/C11H15NO2.ClH/c1-7-5-4-6-9(8(7)2)10(12)11(13)14-3;/h4-6,10H,12H2,1-3H3;1H/t10-;/m1./s1. The number of nitrogens with two attached hydrogens (primary N) is 1. The molecule has 1 aromatic carbocycles. The summed E-state index contributed by atoms with van der Waals surface area (Å²) in [6, 6.07) is 5.05. The molecule has 84 valence electrons. The highest BCUT2D eigenvalue weighted by molar-refractivity contribution is 5.85. The van der Waals surface area contributed by atoms with Crippen LogP contribution >= 0.6 is 12.4 Å². The van der Waals surface area contributed by atoms with Gasteiger partial charge in [0.15, 0.2) is 0 Å². The number of ether oxygens (including phenoxy) is 1. The lowest BCUT2D eigenvalue weighted by Gasteiger charge is -2.13. The summed E-state index contributed by atoms with van der Waals surface area (Å²) in [6.45, 7) is 3.94. The molecule has 0 bridgehead atoms. The first-order valence-corrected chi connectivity index (χ1v) is 4.47.